The molecule has 1 saturated heterocycles. The number of nitrogens with zero attached hydrogens (tertiary/aromatic N) is 2. The van der Waals surface area contributed by atoms with Gasteiger partial charge in [0.1, 0.15) is 6.04 Å². The summed E-state index contributed by atoms with van der Waals surface area (Å²) >= 11 is 0. The number of benzene rings is 2. The summed E-state index contributed by atoms with van der Waals surface area (Å²) in [6.07, 6.45) is -0.939. The van der Waals surface area contributed by atoms with Gasteiger partial charge >= 0.3 is 0 Å². The molecule has 1 aliphatic heterocycles. The molecule has 3 rings (SSSR count). The van der Waals surface area contributed by atoms with E-state index < -0.39 is 24.1 Å². The third kappa shape index (κ3) is 5.47. The minimum absolute atomic E-state index is 0.0516. The molecule has 2 aromatic carbocycles. The Morgan fingerprint density at radius 1 is 0.971 bits per heavy atom. The first kappa shape index (κ1) is 26.2. The highest BCUT2D eigenvalue weighted by Crippen LogP contribution is 2.31. The fourth-order valence-corrected chi connectivity index (χ4v) is 4.03. The van der Waals surface area contributed by atoms with E-state index in [1.165, 1.54) is 39.4 Å². The summed E-state index contributed by atoms with van der Waals surface area (Å²) in [4.78, 5) is 42.5. The molecule has 0 saturated carbocycles. The van der Waals surface area contributed by atoms with Crippen molar-refractivity contribution in [2.45, 2.75) is 38.5 Å². The molecule has 0 N–H and O–H groups in total. The molecular weight excluding hydrogens is 452 g/mol. The molecule has 188 valence electrons. The zero-order chi connectivity index (χ0) is 25.7. The molecule has 0 radical (unpaired) electrons. The summed E-state index contributed by atoms with van der Waals surface area (Å²) in [7, 11) is 5.85. The molecule has 0 aliphatic carbocycles. The topological polar surface area (TPSA) is 94.6 Å². The Hall–Kier alpha value is -3.43. The van der Waals surface area contributed by atoms with Gasteiger partial charge in [0.2, 0.25) is 5.91 Å². The number of hydrogen-bond acceptors (Lipinski definition) is 7. The van der Waals surface area contributed by atoms with Gasteiger partial charge in [-0.1, -0.05) is 26.0 Å². The maximum atomic E-state index is 13.6. The molecule has 9 nitrogen and oxygen atoms in total. The summed E-state index contributed by atoms with van der Waals surface area (Å²) in [5.41, 5.74) is 1.84. The van der Waals surface area contributed by atoms with Crippen LogP contribution in [0.25, 0.3) is 0 Å². The Kier molecular flexibility index (Phi) is 8.48. The molecule has 1 aliphatic rings. The van der Waals surface area contributed by atoms with E-state index >= 15 is 0 Å². The van der Waals surface area contributed by atoms with Gasteiger partial charge in [-0.05, 0) is 41.8 Å². The van der Waals surface area contributed by atoms with E-state index in [2.05, 4.69) is 13.8 Å². The lowest BCUT2D eigenvalue weighted by molar-refractivity contribution is -0.128. The van der Waals surface area contributed by atoms with Gasteiger partial charge in [-0.3, -0.25) is 14.4 Å². The summed E-state index contributed by atoms with van der Waals surface area (Å²) in [5, 5.41) is 0. The molecule has 0 bridgehead atoms. The van der Waals surface area contributed by atoms with Gasteiger partial charge in [0, 0.05) is 19.8 Å². The lowest BCUT2D eigenvalue weighted by Crippen LogP contribution is -2.49. The summed E-state index contributed by atoms with van der Waals surface area (Å²) in [6, 6.07) is 11.0. The lowest BCUT2D eigenvalue weighted by Gasteiger charge is -2.30. The van der Waals surface area contributed by atoms with Crippen LogP contribution in [0.2, 0.25) is 0 Å². The molecule has 0 aromatic heterocycles. The van der Waals surface area contributed by atoms with E-state index in [0.29, 0.717) is 23.1 Å². The summed E-state index contributed by atoms with van der Waals surface area (Å²) < 4.78 is 21.2. The van der Waals surface area contributed by atoms with E-state index in [1.807, 2.05) is 12.1 Å². The molecule has 3 amide bonds. The van der Waals surface area contributed by atoms with Crippen molar-refractivity contribution in [2.75, 3.05) is 39.9 Å². The van der Waals surface area contributed by atoms with Gasteiger partial charge in [0.25, 0.3) is 11.8 Å². The number of methoxy groups -OCH3 is 4. The first-order valence-electron chi connectivity index (χ1n) is 11.3. The van der Waals surface area contributed by atoms with Crippen LogP contribution in [-0.4, -0.2) is 69.9 Å². The minimum Gasteiger partial charge on any atom is -0.493 e. The fraction of sp³-hybridized carbons (Fsp3) is 0.423. The van der Waals surface area contributed by atoms with Crippen LogP contribution in [0.1, 0.15) is 42.1 Å². The Labute approximate surface area is 205 Å². The first-order valence-corrected chi connectivity index (χ1v) is 11.3. The summed E-state index contributed by atoms with van der Waals surface area (Å²) in [6.45, 7) is 4.08. The highest BCUT2D eigenvalue weighted by Gasteiger charge is 2.45. The smallest absolute Gasteiger partial charge is 0.257 e. The second-order valence-corrected chi connectivity index (χ2v) is 8.46. The largest absolute Gasteiger partial charge is 0.493 e. The van der Waals surface area contributed by atoms with Crippen molar-refractivity contribution in [1.82, 2.24) is 4.90 Å². The van der Waals surface area contributed by atoms with Crippen LogP contribution in [0.5, 0.6) is 11.5 Å². The molecule has 1 fully saturated rings. The zero-order valence-corrected chi connectivity index (χ0v) is 20.9. The van der Waals surface area contributed by atoms with Crippen LogP contribution in [0.3, 0.4) is 0 Å². The van der Waals surface area contributed by atoms with Crippen molar-refractivity contribution in [3.8, 4) is 11.5 Å². The second kappa shape index (κ2) is 11.3. The van der Waals surface area contributed by atoms with Crippen LogP contribution in [0.15, 0.2) is 42.5 Å². The van der Waals surface area contributed by atoms with Crippen LogP contribution in [0.4, 0.5) is 5.69 Å². The van der Waals surface area contributed by atoms with Gasteiger partial charge in [0.05, 0.1) is 32.9 Å². The van der Waals surface area contributed by atoms with Crippen LogP contribution in [-0.2, 0) is 19.1 Å². The number of imide groups is 1. The van der Waals surface area contributed by atoms with Crippen molar-refractivity contribution < 1.29 is 33.3 Å². The molecular formula is C26H32N2O7. The number of rotatable bonds is 10. The van der Waals surface area contributed by atoms with E-state index in [1.54, 1.807) is 24.3 Å². The number of carbonyl (C=O) groups is 3. The van der Waals surface area contributed by atoms with Gasteiger partial charge in [-0.25, -0.2) is 4.90 Å². The van der Waals surface area contributed by atoms with E-state index in [4.69, 9.17) is 18.9 Å². The highest BCUT2D eigenvalue weighted by atomic mass is 16.7. The third-order valence-electron chi connectivity index (χ3n) is 6.08. The summed E-state index contributed by atoms with van der Waals surface area (Å²) in [5.74, 6) is -0.176. The Bertz CT molecular complexity index is 1060. The number of anilines is 1. The van der Waals surface area contributed by atoms with E-state index in [9.17, 15) is 14.4 Å². The average Bonchev–Trinajstić information content (AvgIpc) is 3.17. The first-order chi connectivity index (χ1) is 16.7. The van der Waals surface area contributed by atoms with Gasteiger partial charge in [-0.15, -0.1) is 0 Å². The maximum Gasteiger partial charge on any atom is 0.257 e. The molecule has 35 heavy (non-hydrogen) atoms. The normalized spacial score (nSPS) is 15.8. The van der Waals surface area contributed by atoms with Crippen molar-refractivity contribution >= 4 is 23.4 Å². The van der Waals surface area contributed by atoms with E-state index in [0.717, 1.165) is 10.5 Å². The average molecular weight is 485 g/mol. The van der Waals surface area contributed by atoms with Crippen LogP contribution < -0.4 is 14.4 Å². The van der Waals surface area contributed by atoms with E-state index in [-0.39, 0.29) is 24.4 Å². The monoisotopic (exact) mass is 484 g/mol. The standard InChI is InChI=1S/C26H32N2O7/c1-16(2)17-7-10-19(11-8-17)28-23(29)14-20(26(28)31)27(15-24(34-5)35-6)25(30)18-9-12-21(32-3)22(13-18)33-4/h7-13,16,20,24H,14-15H2,1-6H3. The molecule has 1 atom stereocenters. The van der Waals surface area contributed by atoms with Crippen LogP contribution in [0, 0.1) is 0 Å². The molecule has 1 unspecified atom stereocenters. The van der Waals surface area contributed by atoms with Crippen molar-refractivity contribution in [3.05, 3.63) is 53.6 Å². The molecule has 1 heterocycles. The minimum atomic E-state index is -1.01. The number of amides is 3. The highest BCUT2D eigenvalue weighted by molar-refractivity contribution is 6.23. The van der Waals surface area contributed by atoms with Gasteiger partial charge in [0.15, 0.2) is 17.8 Å². The van der Waals surface area contributed by atoms with Gasteiger partial charge in [-0.2, -0.15) is 0 Å². The van der Waals surface area contributed by atoms with Gasteiger partial charge < -0.3 is 23.8 Å². The quantitative estimate of drug-likeness (QED) is 0.377. The fourth-order valence-electron chi connectivity index (χ4n) is 4.03. The Balaban J connectivity index is 1.95. The Morgan fingerprint density at radius 3 is 2.14 bits per heavy atom. The number of carbonyl (C=O) groups excluding carboxylic acids is 3. The Morgan fingerprint density at radius 2 is 1.60 bits per heavy atom. The third-order valence-corrected chi connectivity index (χ3v) is 6.08. The predicted molar refractivity (Wildman–Crippen MR) is 130 cm³/mol. The SMILES string of the molecule is COc1ccc(C(=O)N(CC(OC)OC)C2CC(=O)N(c3ccc(C(C)C)cc3)C2=O)cc1OC. The molecule has 0 spiro atoms. The molecule has 2 aromatic rings. The number of ether oxygens (including phenoxy) is 4. The van der Waals surface area contributed by atoms with Crippen LogP contribution >= 0.6 is 0 Å². The molecule has 9 heteroatoms. The second-order valence-electron chi connectivity index (χ2n) is 8.46. The zero-order valence-electron chi connectivity index (χ0n) is 20.9. The lowest BCUT2D eigenvalue weighted by atomic mass is 10.0. The van der Waals surface area contributed by atoms with Crippen molar-refractivity contribution in [1.29, 1.82) is 0 Å². The predicted octanol–water partition coefficient (Wildman–Crippen LogP) is 3.22. The number of hydrogen-bond donors (Lipinski definition) is 0. The van der Waals surface area contributed by atoms with Crippen molar-refractivity contribution in [3.63, 3.8) is 0 Å². The maximum absolute atomic E-state index is 13.6. The van der Waals surface area contributed by atoms with Crippen molar-refractivity contribution in [2.24, 2.45) is 0 Å².